The molecule has 1 amide bonds. The molecule has 1 unspecified atom stereocenters. The van der Waals surface area contributed by atoms with Gasteiger partial charge in [0.15, 0.2) is 11.5 Å². The average molecular weight is 430 g/mol. The van der Waals surface area contributed by atoms with Gasteiger partial charge in [0.2, 0.25) is 5.91 Å². The van der Waals surface area contributed by atoms with Crippen LogP contribution in [0.3, 0.4) is 0 Å². The van der Waals surface area contributed by atoms with E-state index in [1.165, 1.54) is 0 Å². The molecule has 0 fully saturated rings. The minimum atomic E-state index is -0.0789. The maximum atomic E-state index is 12.5. The summed E-state index contributed by atoms with van der Waals surface area (Å²) in [6.07, 6.45) is 0. The molecule has 0 saturated carbocycles. The zero-order valence-electron chi connectivity index (χ0n) is 16.2. The summed E-state index contributed by atoms with van der Waals surface area (Å²) in [6.45, 7) is 1.96. The number of fused-ring (bicyclic) bond motifs is 1. The van der Waals surface area contributed by atoms with E-state index < -0.39 is 0 Å². The fourth-order valence-electron chi connectivity index (χ4n) is 3.43. The number of thioether (sulfide) groups is 1. The first-order chi connectivity index (χ1) is 14.0. The zero-order valence-corrected chi connectivity index (χ0v) is 17.8. The molecule has 0 bridgehead atoms. The maximum absolute atomic E-state index is 12.5. The van der Waals surface area contributed by atoms with Gasteiger partial charge in [-0.3, -0.25) is 4.79 Å². The first kappa shape index (κ1) is 19.7. The fourth-order valence-corrected chi connectivity index (χ4v) is 4.74. The molecule has 1 aliphatic rings. The standard InChI is InChI=1S/C21H20ClN3O3S/c1-12-19-20(13-4-9-16(27-2)17(10-13)28-3)29-11-18(26)23-21(19)25(24-12)15-7-5-14(22)6-8-15/h4-10,20H,11H2,1-3H3,(H,23,26). The van der Waals surface area contributed by atoms with Gasteiger partial charge in [-0.1, -0.05) is 17.7 Å². The van der Waals surface area contributed by atoms with Crippen molar-refractivity contribution in [2.24, 2.45) is 0 Å². The van der Waals surface area contributed by atoms with Crippen LogP contribution in [0.5, 0.6) is 11.5 Å². The van der Waals surface area contributed by atoms with Crippen molar-refractivity contribution in [1.29, 1.82) is 0 Å². The van der Waals surface area contributed by atoms with Gasteiger partial charge in [0, 0.05) is 10.6 Å². The van der Waals surface area contributed by atoms with Crippen molar-refractivity contribution in [3.8, 4) is 17.2 Å². The number of nitrogens with one attached hydrogen (secondary N) is 1. The molecule has 0 spiro atoms. The SMILES string of the molecule is COc1ccc(C2SCC(=O)Nc3c2c(C)nn3-c2ccc(Cl)cc2)cc1OC. The summed E-state index contributed by atoms with van der Waals surface area (Å²) in [6, 6.07) is 13.2. The van der Waals surface area contributed by atoms with Gasteiger partial charge in [-0.25, -0.2) is 4.68 Å². The van der Waals surface area contributed by atoms with Crippen LogP contribution in [0.1, 0.15) is 22.1 Å². The second-order valence-electron chi connectivity index (χ2n) is 6.59. The van der Waals surface area contributed by atoms with Gasteiger partial charge >= 0.3 is 0 Å². The lowest BCUT2D eigenvalue weighted by atomic mass is 10.0. The second-order valence-corrected chi connectivity index (χ2v) is 8.12. The van der Waals surface area contributed by atoms with Crippen molar-refractivity contribution in [2.75, 3.05) is 25.3 Å². The molecule has 1 aromatic heterocycles. The number of hydrogen-bond donors (Lipinski definition) is 1. The van der Waals surface area contributed by atoms with Crippen LogP contribution in [0.4, 0.5) is 5.82 Å². The number of rotatable bonds is 4. The Balaban J connectivity index is 1.86. The largest absolute Gasteiger partial charge is 0.493 e. The normalized spacial score (nSPS) is 16.0. The van der Waals surface area contributed by atoms with Gasteiger partial charge < -0.3 is 14.8 Å². The highest BCUT2D eigenvalue weighted by Crippen LogP contribution is 2.45. The Morgan fingerprint density at radius 3 is 2.55 bits per heavy atom. The number of aromatic nitrogens is 2. The smallest absolute Gasteiger partial charge is 0.235 e. The van der Waals surface area contributed by atoms with E-state index in [9.17, 15) is 4.79 Å². The van der Waals surface area contributed by atoms with Crippen molar-refractivity contribution in [3.63, 3.8) is 0 Å². The number of aryl methyl sites for hydroxylation is 1. The second kappa shape index (κ2) is 8.00. The van der Waals surface area contributed by atoms with E-state index in [1.807, 2.05) is 37.3 Å². The van der Waals surface area contributed by atoms with Gasteiger partial charge in [0.25, 0.3) is 0 Å². The Kier molecular flexibility index (Phi) is 5.43. The molecular formula is C21H20ClN3O3S. The topological polar surface area (TPSA) is 65.4 Å². The van der Waals surface area contributed by atoms with Crippen LogP contribution in [0, 0.1) is 6.92 Å². The first-order valence-electron chi connectivity index (χ1n) is 9.00. The van der Waals surface area contributed by atoms with E-state index in [0.717, 1.165) is 22.5 Å². The maximum Gasteiger partial charge on any atom is 0.235 e. The highest BCUT2D eigenvalue weighted by molar-refractivity contribution is 8.00. The number of nitrogens with zero attached hydrogens (tertiary/aromatic N) is 2. The Morgan fingerprint density at radius 2 is 1.86 bits per heavy atom. The number of hydrogen-bond acceptors (Lipinski definition) is 5. The van der Waals surface area contributed by atoms with Crippen molar-refractivity contribution >= 4 is 35.1 Å². The molecule has 3 aromatic rings. The van der Waals surface area contributed by atoms with E-state index in [2.05, 4.69) is 5.32 Å². The van der Waals surface area contributed by atoms with Gasteiger partial charge in [-0.15, -0.1) is 11.8 Å². The third-order valence-electron chi connectivity index (χ3n) is 4.79. The van der Waals surface area contributed by atoms with E-state index in [4.69, 9.17) is 26.2 Å². The van der Waals surface area contributed by atoms with Crippen LogP contribution in [0.25, 0.3) is 5.69 Å². The monoisotopic (exact) mass is 429 g/mol. The van der Waals surface area contributed by atoms with Crippen molar-refractivity contribution in [1.82, 2.24) is 9.78 Å². The quantitative estimate of drug-likeness (QED) is 0.655. The summed E-state index contributed by atoms with van der Waals surface area (Å²) in [5.41, 5.74) is 3.67. The third-order valence-corrected chi connectivity index (χ3v) is 6.31. The molecule has 2 heterocycles. The Hall–Kier alpha value is -2.64. The van der Waals surface area contributed by atoms with Gasteiger partial charge in [-0.05, 0) is 48.9 Å². The first-order valence-corrected chi connectivity index (χ1v) is 10.4. The molecule has 1 aliphatic heterocycles. The Labute approximate surface area is 178 Å². The molecule has 150 valence electrons. The molecule has 1 N–H and O–H groups in total. The lowest BCUT2D eigenvalue weighted by Gasteiger charge is -2.17. The van der Waals surface area contributed by atoms with E-state index >= 15 is 0 Å². The Bertz CT molecular complexity index is 1070. The highest BCUT2D eigenvalue weighted by Gasteiger charge is 2.31. The van der Waals surface area contributed by atoms with Crippen molar-refractivity contribution < 1.29 is 14.3 Å². The van der Waals surface area contributed by atoms with Gasteiger partial charge in [0.05, 0.1) is 36.6 Å². The van der Waals surface area contributed by atoms with Crippen LogP contribution < -0.4 is 14.8 Å². The van der Waals surface area contributed by atoms with Crippen LogP contribution >= 0.6 is 23.4 Å². The number of methoxy groups -OCH3 is 2. The lowest BCUT2D eigenvalue weighted by Crippen LogP contribution is -2.15. The predicted octanol–water partition coefficient (Wildman–Crippen LogP) is 4.63. The molecule has 0 radical (unpaired) electrons. The van der Waals surface area contributed by atoms with E-state index in [-0.39, 0.29) is 11.2 Å². The molecule has 1 atom stereocenters. The number of carbonyl (C=O) groups is 1. The molecule has 8 heteroatoms. The summed E-state index contributed by atoms with van der Waals surface area (Å²) >= 11 is 7.59. The molecule has 2 aromatic carbocycles. The molecule has 0 aliphatic carbocycles. The number of ether oxygens (including phenoxy) is 2. The van der Waals surface area contributed by atoms with Crippen LogP contribution in [0.15, 0.2) is 42.5 Å². The van der Waals surface area contributed by atoms with Crippen LogP contribution in [-0.4, -0.2) is 35.7 Å². The number of halogens is 1. The fraction of sp³-hybridized carbons (Fsp3) is 0.238. The Morgan fingerprint density at radius 1 is 1.14 bits per heavy atom. The van der Waals surface area contributed by atoms with Crippen molar-refractivity contribution in [2.45, 2.75) is 12.2 Å². The minimum Gasteiger partial charge on any atom is -0.493 e. The van der Waals surface area contributed by atoms with Crippen molar-refractivity contribution in [3.05, 3.63) is 64.3 Å². The van der Waals surface area contributed by atoms with Gasteiger partial charge in [-0.2, -0.15) is 5.10 Å². The average Bonchev–Trinajstić information content (AvgIpc) is 2.93. The summed E-state index contributed by atoms with van der Waals surface area (Å²) < 4.78 is 12.6. The zero-order chi connectivity index (χ0) is 20.5. The summed E-state index contributed by atoms with van der Waals surface area (Å²) in [5, 5.41) is 8.30. The third kappa shape index (κ3) is 3.68. The number of anilines is 1. The number of amides is 1. The predicted molar refractivity (Wildman–Crippen MR) is 116 cm³/mol. The van der Waals surface area contributed by atoms with Crippen LogP contribution in [-0.2, 0) is 4.79 Å². The summed E-state index contributed by atoms with van der Waals surface area (Å²) in [7, 11) is 3.22. The molecule has 4 rings (SSSR count). The highest BCUT2D eigenvalue weighted by atomic mass is 35.5. The lowest BCUT2D eigenvalue weighted by molar-refractivity contribution is -0.113. The van der Waals surface area contributed by atoms with E-state index in [0.29, 0.717) is 28.1 Å². The summed E-state index contributed by atoms with van der Waals surface area (Å²) in [5.74, 6) is 2.28. The summed E-state index contributed by atoms with van der Waals surface area (Å²) in [4.78, 5) is 12.5. The molecule has 6 nitrogen and oxygen atoms in total. The molecule has 29 heavy (non-hydrogen) atoms. The van der Waals surface area contributed by atoms with Gasteiger partial charge in [0.1, 0.15) is 5.82 Å². The molecular weight excluding hydrogens is 410 g/mol. The van der Waals surface area contributed by atoms with E-state index in [1.54, 1.807) is 42.8 Å². The number of carbonyl (C=O) groups excluding carboxylic acids is 1. The van der Waals surface area contributed by atoms with Crippen LogP contribution in [0.2, 0.25) is 5.02 Å². The number of benzene rings is 2. The minimum absolute atomic E-state index is 0.0608. The molecule has 0 saturated heterocycles.